The van der Waals surface area contributed by atoms with Gasteiger partial charge in [0.25, 0.3) is 17.2 Å². The topological polar surface area (TPSA) is 131 Å². The maximum atomic E-state index is 11.9. The first-order valence-corrected chi connectivity index (χ1v) is 7.18. The van der Waals surface area contributed by atoms with Gasteiger partial charge < -0.3 is 20.5 Å². The zero-order valence-electron chi connectivity index (χ0n) is 12.1. The first-order valence-electron chi connectivity index (χ1n) is 6.12. The van der Waals surface area contributed by atoms with Crippen molar-refractivity contribution < 1.29 is 27.8 Å². The fourth-order valence-corrected chi connectivity index (χ4v) is 2.13. The van der Waals surface area contributed by atoms with E-state index in [1.807, 2.05) is 0 Å². The summed E-state index contributed by atoms with van der Waals surface area (Å²) in [6.45, 7) is -0.530. The Morgan fingerprint density at radius 1 is 1.52 bits per heavy atom. The van der Waals surface area contributed by atoms with Crippen LogP contribution in [0, 0.1) is 12.3 Å². The van der Waals surface area contributed by atoms with Gasteiger partial charge in [0.1, 0.15) is 5.75 Å². The van der Waals surface area contributed by atoms with Crippen molar-refractivity contribution in [1.29, 1.82) is 0 Å². The number of terminal acetylenes is 1. The summed E-state index contributed by atoms with van der Waals surface area (Å²) in [7, 11) is 1.39. The highest BCUT2D eigenvalue weighted by molar-refractivity contribution is 7.81. The molecule has 0 aliphatic heterocycles. The van der Waals surface area contributed by atoms with E-state index in [-0.39, 0.29) is 12.2 Å². The summed E-state index contributed by atoms with van der Waals surface area (Å²) < 4.78 is 30.7. The van der Waals surface area contributed by atoms with E-state index >= 15 is 0 Å². The third-order valence-corrected chi connectivity index (χ3v) is 3.25. The standard InChI is InChI=1S/C13H15N3O6S/c1-3-6-15-10-5-4-9(7-11(10)21-2)16(23(19)20)12(17)8-22-13(14)18/h1,4-5,7,15H,6,8H2,2H3,(H2,14,18)(H,19,20). The van der Waals surface area contributed by atoms with Crippen LogP contribution in [0.3, 0.4) is 0 Å². The summed E-state index contributed by atoms with van der Waals surface area (Å²) in [6, 6.07) is 4.28. The minimum Gasteiger partial charge on any atom is -0.495 e. The lowest BCUT2D eigenvalue weighted by Gasteiger charge is -2.19. The Balaban J connectivity index is 3.08. The van der Waals surface area contributed by atoms with Crippen molar-refractivity contribution in [3.8, 4) is 18.1 Å². The van der Waals surface area contributed by atoms with E-state index < -0.39 is 29.9 Å². The second kappa shape index (κ2) is 8.62. The average molecular weight is 341 g/mol. The number of methoxy groups -OCH3 is 1. The Labute approximate surface area is 135 Å². The van der Waals surface area contributed by atoms with Gasteiger partial charge in [-0.15, -0.1) is 6.42 Å². The number of ether oxygens (including phenoxy) is 2. The molecule has 124 valence electrons. The molecular formula is C13H15N3O6S. The number of hydrogen-bond acceptors (Lipinski definition) is 6. The molecule has 2 amide bonds. The molecule has 1 rings (SSSR count). The summed E-state index contributed by atoms with van der Waals surface area (Å²) in [4.78, 5) is 22.4. The number of nitrogens with one attached hydrogen (secondary N) is 1. The lowest BCUT2D eigenvalue weighted by atomic mass is 10.2. The van der Waals surface area contributed by atoms with Crippen LogP contribution in [0.1, 0.15) is 0 Å². The van der Waals surface area contributed by atoms with Gasteiger partial charge in [0, 0.05) is 6.07 Å². The Kier molecular flexibility index (Phi) is 6.85. The van der Waals surface area contributed by atoms with Crippen molar-refractivity contribution >= 4 is 34.6 Å². The van der Waals surface area contributed by atoms with E-state index in [9.17, 15) is 18.4 Å². The van der Waals surface area contributed by atoms with Crippen LogP contribution in [-0.4, -0.2) is 41.0 Å². The largest absolute Gasteiger partial charge is 0.495 e. The molecule has 0 aliphatic carbocycles. The first-order chi connectivity index (χ1) is 10.9. The number of rotatable bonds is 7. The smallest absolute Gasteiger partial charge is 0.405 e. The Morgan fingerprint density at radius 2 is 2.22 bits per heavy atom. The van der Waals surface area contributed by atoms with E-state index in [0.29, 0.717) is 15.7 Å². The van der Waals surface area contributed by atoms with Crippen LogP contribution in [0.5, 0.6) is 5.75 Å². The van der Waals surface area contributed by atoms with Crippen molar-refractivity contribution in [2.24, 2.45) is 5.73 Å². The van der Waals surface area contributed by atoms with Crippen LogP contribution in [0.4, 0.5) is 16.2 Å². The number of nitrogens with zero attached hydrogens (tertiary/aromatic N) is 1. The van der Waals surface area contributed by atoms with Gasteiger partial charge in [-0.2, -0.15) is 0 Å². The van der Waals surface area contributed by atoms with E-state index in [1.165, 1.54) is 25.3 Å². The van der Waals surface area contributed by atoms with Gasteiger partial charge in [-0.3, -0.25) is 9.35 Å². The highest BCUT2D eigenvalue weighted by Crippen LogP contribution is 2.30. The second-order valence-electron chi connectivity index (χ2n) is 3.97. The third kappa shape index (κ3) is 5.17. The van der Waals surface area contributed by atoms with Crippen molar-refractivity contribution in [3.63, 3.8) is 0 Å². The lowest BCUT2D eigenvalue weighted by molar-refractivity contribution is -0.120. The van der Waals surface area contributed by atoms with Crippen molar-refractivity contribution in [3.05, 3.63) is 18.2 Å². The molecule has 0 aliphatic rings. The van der Waals surface area contributed by atoms with Crippen LogP contribution in [-0.2, 0) is 20.8 Å². The molecule has 0 fully saturated rings. The molecule has 0 radical (unpaired) electrons. The molecule has 1 aromatic carbocycles. The SMILES string of the molecule is C#CCNc1ccc(N(C(=O)COC(N)=O)S(=O)O)cc1OC. The summed E-state index contributed by atoms with van der Waals surface area (Å²) >= 11 is -2.68. The van der Waals surface area contributed by atoms with Crippen molar-refractivity contribution in [1.82, 2.24) is 0 Å². The molecule has 0 bridgehead atoms. The van der Waals surface area contributed by atoms with Crippen LogP contribution < -0.4 is 20.1 Å². The zero-order valence-corrected chi connectivity index (χ0v) is 13.0. The van der Waals surface area contributed by atoms with Crippen LogP contribution in [0.2, 0.25) is 0 Å². The molecule has 23 heavy (non-hydrogen) atoms. The fourth-order valence-electron chi connectivity index (χ4n) is 1.61. The molecule has 0 aromatic heterocycles. The highest BCUT2D eigenvalue weighted by atomic mass is 32.2. The number of carbonyl (C=O) groups excluding carboxylic acids is 2. The minimum absolute atomic E-state index is 0.0620. The van der Waals surface area contributed by atoms with Crippen molar-refractivity contribution in [2.75, 3.05) is 29.9 Å². The second-order valence-corrected chi connectivity index (χ2v) is 4.80. The maximum Gasteiger partial charge on any atom is 0.405 e. The van der Waals surface area contributed by atoms with Crippen LogP contribution >= 0.6 is 0 Å². The number of hydrogen-bond donors (Lipinski definition) is 3. The molecule has 1 atom stereocenters. The molecule has 0 saturated carbocycles. The number of amides is 2. The van der Waals surface area contributed by atoms with Gasteiger partial charge in [0.2, 0.25) is 0 Å². The summed E-state index contributed by atoms with van der Waals surface area (Å²) in [5.41, 5.74) is 5.36. The van der Waals surface area contributed by atoms with Gasteiger partial charge in [0.05, 0.1) is 25.0 Å². The van der Waals surface area contributed by atoms with E-state index in [2.05, 4.69) is 16.0 Å². The van der Waals surface area contributed by atoms with Gasteiger partial charge >= 0.3 is 6.09 Å². The lowest BCUT2D eigenvalue weighted by Crippen LogP contribution is -2.36. The minimum atomic E-state index is -2.68. The molecule has 1 aromatic rings. The van der Waals surface area contributed by atoms with Gasteiger partial charge in [-0.25, -0.2) is 13.3 Å². The van der Waals surface area contributed by atoms with E-state index in [4.69, 9.17) is 16.9 Å². The van der Waals surface area contributed by atoms with Gasteiger partial charge in [-0.05, 0) is 12.1 Å². The van der Waals surface area contributed by atoms with Gasteiger partial charge in [0.15, 0.2) is 6.61 Å². The number of primary amides is 1. The Bertz CT molecular complexity index is 658. The molecule has 9 nitrogen and oxygen atoms in total. The predicted octanol–water partition coefficient (Wildman–Crippen LogP) is 0.305. The molecule has 0 spiro atoms. The monoisotopic (exact) mass is 341 g/mol. The highest BCUT2D eigenvalue weighted by Gasteiger charge is 2.23. The number of carbonyl (C=O) groups is 2. The predicted molar refractivity (Wildman–Crippen MR) is 84.1 cm³/mol. The summed E-state index contributed by atoms with van der Waals surface area (Å²) in [5.74, 6) is 1.76. The molecule has 4 N–H and O–H groups in total. The average Bonchev–Trinajstić information content (AvgIpc) is 2.51. The Morgan fingerprint density at radius 3 is 2.74 bits per heavy atom. The van der Waals surface area contributed by atoms with Gasteiger partial charge in [-0.1, -0.05) is 5.92 Å². The third-order valence-electron chi connectivity index (χ3n) is 2.52. The Hall–Kier alpha value is -2.77. The van der Waals surface area contributed by atoms with E-state index in [1.54, 1.807) is 0 Å². The maximum absolute atomic E-state index is 11.9. The molecule has 0 heterocycles. The van der Waals surface area contributed by atoms with Crippen LogP contribution in [0.15, 0.2) is 18.2 Å². The number of nitrogens with two attached hydrogens (primary N) is 1. The van der Waals surface area contributed by atoms with E-state index in [0.717, 1.165) is 0 Å². The molecule has 10 heteroatoms. The fraction of sp³-hybridized carbons (Fsp3) is 0.231. The molecule has 1 unspecified atom stereocenters. The first kappa shape index (κ1) is 18.3. The quantitative estimate of drug-likeness (QED) is 0.480. The number of anilines is 2. The van der Waals surface area contributed by atoms with Crippen molar-refractivity contribution in [2.45, 2.75) is 0 Å². The van der Waals surface area contributed by atoms with Crippen LogP contribution in [0.25, 0.3) is 0 Å². The summed E-state index contributed by atoms with van der Waals surface area (Å²) in [6.07, 6.45) is 3.98. The normalized spacial score (nSPS) is 11.0. The number of benzene rings is 1. The molecular weight excluding hydrogens is 326 g/mol. The molecule has 0 saturated heterocycles. The summed E-state index contributed by atoms with van der Waals surface area (Å²) in [5, 5.41) is 2.89. The zero-order chi connectivity index (χ0) is 17.4.